The Morgan fingerprint density at radius 2 is 1.74 bits per heavy atom. The summed E-state index contributed by atoms with van der Waals surface area (Å²) < 4.78 is 1.51. The van der Waals surface area contributed by atoms with E-state index in [1.807, 2.05) is 32.3 Å². The molecule has 0 saturated heterocycles. The Hall–Kier alpha value is -3.55. The van der Waals surface area contributed by atoms with E-state index in [-0.39, 0.29) is 17.7 Å². The Labute approximate surface area is 200 Å². The van der Waals surface area contributed by atoms with Gasteiger partial charge in [-0.3, -0.25) is 19.3 Å². The Kier molecular flexibility index (Phi) is 7.05. The van der Waals surface area contributed by atoms with Crippen LogP contribution in [0.25, 0.3) is 11.1 Å². The minimum absolute atomic E-state index is 0.0785. The normalized spacial score (nSPS) is 18.8. The third-order valence-corrected chi connectivity index (χ3v) is 6.78. The largest absolute Gasteiger partial charge is 0.339 e. The lowest BCUT2D eigenvalue weighted by Gasteiger charge is -2.32. The number of rotatable bonds is 6. The minimum Gasteiger partial charge on any atom is -0.339 e. The van der Waals surface area contributed by atoms with E-state index in [0.29, 0.717) is 17.4 Å². The summed E-state index contributed by atoms with van der Waals surface area (Å²) in [5.74, 6) is 0.635. The van der Waals surface area contributed by atoms with Crippen molar-refractivity contribution in [3.05, 3.63) is 59.8 Å². The first-order chi connectivity index (χ1) is 16.3. The van der Waals surface area contributed by atoms with E-state index < -0.39 is 6.04 Å². The summed E-state index contributed by atoms with van der Waals surface area (Å²) in [5, 5.41) is 9.96. The first-order valence-corrected chi connectivity index (χ1v) is 11.8. The maximum Gasteiger partial charge on any atom is 0.270 e. The Balaban J connectivity index is 1.52. The molecule has 1 saturated carbocycles. The second-order valence-electron chi connectivity index (χ2n) is 9.38. The molecule has 3 aromatic rings. The van der Waals surface area contributed by atoms with Crippen molar-refractivity contribution in [2.45, 2.75) is 52.5 Å². The van der Waals surface area contributed by atoms with E-state index in [2.05, 4.69) is 32.6 Å². The van der Waals surface area contributed by atoms with Crippen molar-refractivity contribution in [3.63, 3.8) is 0 Å². The van der Waals surface area contributed by atoms with E-state index >= 15 is 0 Å². The van der Waals surface area contributed by atoms with Gasteiger partial charge in [0.2, 0.25) is 5.91 Å². The lowest BCUT2D eigenvalue weighted by molar-refractivity contribution is -0.119. The molecule has 1 fully saturated rings. The highest BCUT2D eigenvalue weighted by molar-refractivity contribution is 6.00. The molecule has 3 heterocycles. The molecular formula is C26H32N6O2. The average Bonchev–Trinajstić information content (AvgIpc) is 3.25. The molecule has 34 heavy (non-hydrogen) atoms. The molecule has 4 rings (SSSR count). The number of nitrogens with one attached hydrogen (secondary N) is 2. The number of aryl methyl sites for hydroxylation is 3. The summed E-state index contributed by atoms with van der Waals surface area (Å²) in [6.45, 7) is 6.27. The van der Waals surface area contributed by atoms with Gasteiger partial charge in [0.25, 0.3) is 5.91 Å². The van der Waals surface area contributed by atoms with Gasteiger partial charge in [0.05, 0.1) is 0 Å². The molecule has 0 unspecified atom stereocenters. The monoisotopic (exact) mass is 460 g/mol. The van der Waals surface area contributed by atoms with Crippen LogP contribution in [0.2, 0.25) is 0 Å². The van der Waals surface area contributed by atoms with E-state index in [4.69, 9.17) is 0 Å². The molecule has 2 N–H and O–H groups in total. The van der Waals surface area contributed by atoms with E-state index in [9.17, 15) is 9.59 Å². The van der Waals surface area contributed by atoms with Gasteiger partial charge in [-0.1, -0.05) is 19.8 Å². The topological polar surface area (TPSA) is 102 Å². The quantitative estimate of drug-likeness (QED) is 0.578. The van der Waals surface area contributed by atoms with Gasteiger partial charge in [-0.05, 0) is 73.4 Å². The molecule has 8 nitrogen and oxygen atoms in total. The zero-order valence-electron chi connectivity index (χ0n) is 20.2. The van der Waals surface area contributed by atoms with Gasteiger partial charge < -0.3 is 10.6 Å². The second-order valence-corrected chi connectivity index (χ2v) is 9.38. The van der Waals surface area contributed by atoms with E-state index in [1.54, 1.807) is 31.6 Å². The molecule has 178 valence electrons. The highest BCUT2D eigenvalue weighted by Crippen LogP contribution is 2.31. The van der Waals surface area contributed by atoms with Crippen LogP contribution in [0.5, 0.6) is 0 Å². The SMILES string of the molecule is Cc1cncc(C)c1-c1ccc(NC(=O)[C@@H](NC(=O)c2ccnn2C)[C@H]2CC[C@H](C)CC2)nc1. The van der Waals surface area contributed by atoms with Crippen LogP contribution >= 0.6 is 0 Å². The van der Waals surface area contributed by atoms with Gasteiger partial charge in [-0.2, -0.15) is 5.10 Å². The van der Waals surface area contributed by atoms with Crippen molar-refractivity contribution in [1.82, 2.24) is 25.1 Å². The summed E-state index contributed by atoms with van der Waals surface area (Å²) in [7, 11) is 1.71. The maximum absolute atomic E-state index is 13.4. The highest BCUT2D eigenvalue weighted by Gasteiger charge is 2.33. The molecule has 1 aliphatic carbocycles. The maximum atomic E-state index is 13.4. The number of carbonyl (C=O) groups excluding carboxylic acids is 2. The fourth-order valence-corrected chi connectivity index (χ4v) is 4.80. The van der Waals surface area contributed by atoms with Crippen LogP contribution in [0.1, 0.15) is 54.2 Å². The first-order valence-electron chi connectivity index (χ1n) is 11.8. The van der Waals surface area contributed by atoms with E-state index in [1.165, 1.54) is 4.68 Å². The van der Waals surface area contributed by atoms with Crippen molar-refractivity contribution in [3.8, 4) is 11.1 Å². The third kappa shape index (κ3) is 5.16. The van der Waals surface area contributed by atoms with E-state index in [0.717, 1.165) is 47.9 Å². The lowest BCUT2D eigenvalue weighted by Crippen LogP contribution is -2.49. The number of anilines is 1. The van der Waals surface area contributed by atoms with Crippen molar-refractivity contribution < 1.29 is 9.59 Å². The molecular weight excluding hydrogens is 428 g/mol. The van der Waals surface area contributed by atoms with Crippen molar-refractivity contribution in [1.29, 1.82) is 0 Å². The van der Waals surface area contributed by atoms with Gasteiger partial charge in [0.15, 0.2) is 0 Å². The van der Waals surface area contributed by atoms with Crippen molar-refractivity contribution >= 4 is 17.6 Å². The zero-order valence-corrected chi connectivity index (χ0v) is 20.2. The first kappa shape index (κ1) is 23.6. The Morgan fingerprint density at radius 3 is 2.32 bits per heavy atom. The molecule has 8 heteroatoms. The summed E-state index contributed by atoms with van der Waals surface area (Å²) in [6.07, 6.45) is 10.9. The second kappa shape index (κ2) is 10.2. The van der Waals surface area contributed by atoms with Crippen LogP contribution in [0.15, 0.2) is 43.0 Å². The molecule has 1 aliphatic rings. The number of aromatic nitrogens is 4. The van der Waals surface area contributed by atoms with Crippen LogP contribution in [0, 0.1) is 25.7 Å². The standard InChI is InChI=1S/C26H32N6O2/c1-16-5-7-19(8-6-16)24(31-25(33)21-11-12-29-32(21)4)26(34)30-22-10-9-20(15-28-22)23-17(2)13-27-14-18(23)3/h9-16,19,24H,5-8H2,1-4H3,(H,31,33)(H,28,30,34)/t16-,19-,24-/m0/s1. The Bertz CT molecular complexity index is 1140. The van der Waals surface area contributed by atoms with Gasteiger partial charge in [-0.15, -0.1) is 0 Å². The molecule has 1 atom stereocenters. The molecule has 3 aromatic heterocycles. The smallest absolute Gasteiger partial charge is 0.270 e. The van der Waals surface area contributed by atoms with Gasteiger partial charge in [0, 0.05) is 37.4 Å². The fourth-order valence-electron chi connectivity index (χ4n) is 4.80. The number of hydrogen-bond donors (Lipinski definition) is 2. The van der Waals surface area contributed by atoms with Crippen LogP contribution in [-0.2, 0) is 11.8 Å². The third-order valence-electron chi connectivity index (χ3n) is 6.78. The average molecular weight is 461 g/mol. The summed E-state index contributed by atoms with van der Waals surface area (Å²) >= 11 is 0. The predicted octanol–water partition coefficient (Wildman–Crippen LogP) is 4.06. The van der Waals surface area contributed by atoms with Crippen LogP contribution in [0.3, 0.4) is 0 Å². The molecule has 0 radical (unpaired) electrons. The Morgan fingerprint density at radius 1 is 1.03 bits per heavy atom. The lowest BCUT2D eigenvalue weighted by atomic mass is 9.79. The van der Waals surface area contributed by atoms with Gasteiger partial charge >= 0.3 is 0 Å². The predicted molar refractivity (Wildman–Crippen MR) is 131 cm³/mol. The zero-order chi connectivity index (χ0) is 24.2. The number of pyridine rings is 2. The molecule has 0 bridgehead atoms. The van der Waals surface area contributed by atoms with Crippen molar-refractivity contribution in [2.24, 2.45) is 18.9 Å². The molecule has 0 spiro atoms. The van der Waals surface area contributed by atoms with Crippen molar-refractivity contribution in [2.75, 3.05) is 5.32 Å². The molecule has 0 aromatic carbocycles. The van der Waals surface area contributed by atoms with Gasteiger partial charge in [-0.25, -0.2) is 4.98 Å². The highest BCUT2D eigenvalue weighted by atomic mass is 16.2. The van der Waals surface area contributed by atoms with Gasteiger partial charge in [0.1, 0.15) is 17.6 Å². The number of hydrogen-bond acceptors (Lipinski definition) is 5. The number of amides is 2. The minimum atomic E-state index is -0.638. The van der Waals surface area contributed by atoms with Crippen LogP contribution < -0.4 is 10.6 Å². The summed E-state index contributed by atoms with van der Waals surface area (Å²) in [6, 6.07) is 4.76. The molecule has 0 aliphatic heterocycles. The number of carbonyl (C=O) groups is 2. The number of nitrogens with zero attached hydrogens (tertiary/aromatic N) is 4. The fraction of sp³-hybridized carbons (Fsp3) is 0.423. The molecule has 2 amide bonds. The summed E-state index contributed by atoms with van der Waals surface area (Å²) in [5.41, 5.74) is 4.63. The van der Waals surface area contributed by atoms with Crippen LogP contribution in [-0.4, -0.2) is 37.6 Å². The van der Waals surface area contributed by atoms with Crippen LogP contribution in [0.4, 0.5) is 5.82 Å². The summed E-state index contributed by atoms with van der Waals surface area (Å²) in [4.78, 5) is 34.9.